The molecule has 0 unspecified atom stereocenters. The zero-order valence-corrected chi connectivity index (χ0v) is 16.0. The Morgan fingerprint density at radius 3 is 2.44 bits per heavy atom. The molecule has 0 bridgehead atoms. The van der Waals surface area contributed by atoms with Gasteiger partial charge in [-0.15, -0.1) is 11.3 Å². The fourth-order valence-corrected chi connectivity index (χ4v) is 3.32. The van der Waals surface area contributed by atoms with Crippen molar-refractivity contribution in [3.63, 3.8) is 0 Å². The number of aromatic nitrogens is 1. The highest BCUT2D eigenvalue weighted by molar-refractivity contribution is 7.14. The molecule has 3 aromatic rings. The molecule has 3 nitrogen and oxygen atoms in total. The normalized spacial score (nSPS) is 10.9. The number of rotatable bonds is 4. The van der Waals surface area contributed by atoms with Gasteiger partial charge < -0.3 is 0 Å². The van der Waals surface area contributed by atoms with E-state index in [-0.39, 0.29) is 5.91 Å². The summed E-state index contributed by atoms with van der Waals surface area (Å²) in [4.78, 5) is 16.8. The van der Waals surface area contributed by atoms with Crippen LogP contribution in [0.1, 0.15) is 35.7 Å². The number of hydrogen-bond donors (Lipinski definition) is 1. The van der Waals surface area contributed by atoms with Gasteiger partial charge in [-0.2, -0.15) is 0 Å². The van der Waals surface area contributed by atoms with Gasteiger partial charge in [-0.3, -0.25) is 10.1 Å². The molecule has 1 amide bonds. The van der Waals surface area contributed by atoms with Gasteiger partial charge in [0.25, 0.3) is 5.91 Å². The van der Waals surface area contributed by atoms with E-state index >= 15 is 0 Å². The Bertz CT molecular complexity index is 904. The standard InChI is InChI=1S/C19H16Cl2N2OS/c1-11(2)12-3-5-13(6-4-12)17-10-25-19(22-17)23-18(24)14-7-8-15(20)16(21)9-14/h3-11H,1-2H3,(H,22,23,24). The largest absolute Gasteiger partial charge is 0.298 e. The monoisotopic (exact) mass is 390 g/mol. The third kappa shape index (κ3) is 4.21. The van der Waals surface area contributed by atoms with Gasteiger partial charge in [-0.05, 0) is 29.7 Å². The van der Waals surface area contributed by atoms with Crippen LogP contribution in [-0.4, -0.2) is 10.9 Å². The molecule has 3 rings (SSSR count). The second-order valence-electron chi connectivity index (χ2n) is 5.90. The predicted molar refractivity (Wildman–Crippen MR) is 106 cm³/mol. The molecule has 1 heterocycles. The van der Waals surface area contributed by atoms with Crippen molar-refractivity contribution in [2.75, 3.05) is 5.32 Å². The Hall–Kier alpha value is -1.88. The molecule has 1 N–H and O–H groups in total. The van der Waals surface area contributed by atoms with Crippen LogP contribution in [0.3, 0.4) is 0 Å². The highest BCUT2D eigenvalue weighted by Crippen LogP contribution is 2.27. The maximum Gasteiger partial charge on any atom is 0.257 e. The quantitative estimate of drug-likeness (QED) is 0.552. The van der Waals surface area contributed by atoms with E-state index in [0.29, 0.717) is 26.7 Å². The van der Waals surface area contributed by atoms with Gasteiger partial charge >= 0.3 is 0 Å². The van der Waals surface area contributed by atoms with Gasteiger partial charge in [0.2, 0.25) is 0 Å². The van der Waals surface area contributed by atoms with Crippen molar-refractivity contribution in [3.05, 3.63) is 69.0 Å². The molecule has 25 heavy (non-hydrogen) atoms. The van der Waals surface area contributed by atoms with Crippen LogP contribution >= 0.6 is 34.5 Å². The lowest BCUT2D eigenvalue weighted by Gasteiger charge is -2.05. The van der Waals surface area contributed by atoms with E-state index in [2.05, 4.69) is 48.4 Å². The maximum absolute atomic E-state index is 12.3. The first-order valence-corrected chi connectivity index (χ1v) is 9.40. The third-order valence-electron chi connectivity index (χ3n) is 3.78. The Morgan fingerprint density at radius 2 is 1.80 bits per heavy atom. The summed E-state index contributed by atoms with van der Waals surface area (Å²) in [7, 11) is 0. The van der Waals surface area contributed by atoms with Crippen LogP contribution in [0.4, 0.5) is 5.13 Å². The van der Waals surface area contributed by atoms with Crippen LogP contribution < -0.4 is 5.32 Å². The van der Waals surface area contributed by atoms with Crippen molar-refractivity contribution in [2.45, 2.75) is 19.8 Å². The molecule has 0 aliphatic rings. The van der Waals surface area contributed by atoms with Crippen molar-refractivity contribution in [1.29, 1.82) is 0 Å². The summed E-state index contributed by atoms with van der Waals surface area (Å²) in [6, 6.07) is 13.1. The third-order valence-corrected chi connectivity index (χ3v) is 5.28. The van der Waals surface area contributed by atoms with E-state index in [0.717, 1.165) is 11.3 Å². The fourth-order valence-electron chi connectivity index (χ4n) is 2.31. The van der Waals surface area contributed by atoms with E-state index in [1.807, 2.05) is 5.38 Å². The Labute approximate surface area is 160 Å². The van der Waals surface area contributed by atoms with Crippen LogP contribution in [0.2, 0.25) is 10.0 Å². The number of carbonyl (C=O) groups excluding carboxylic acids is 1. The van der Waals surface area contributed by atoms with Crippen molar-refractivity contribution in [1.82, 2.24) is 4.98 Å². The Kier molecular flexibility index (Phi) is 5.42. The summed E-state index contributed by atoms with van der Waals surface area (Å²) in [5.74, 6) is 0.222. The minimum absolute atomic E-state index is 0.269. The molecule has 6 heteroatoms. The number of carbonyl (C=O) groups is 1. The van der Waals surface area contributed by atoms with Crippen molar-refractivity contribution < 1.29 is 4.79 Å². The van der Waals surface area contributed by atoms with Gasteiger partial charge in [0, 0.05) is 16.5 Å². The van der Waals surface area contributed by atoms with Crippen LogP contribution in [0.15, 0.2) is 47.8 Å². The number of thiazole rings is 1. The molecular weight excluding hydrogens is 375 g/mol. The van der Waals surface area contributed by atoms with Gasteiger partial charge in [0.1, 0.15) is 0 Å². The second-order valence-corrected chi connectivity index (χ2v) is 7.57. The minimum atomic E-state index is -0.269. The predicted octanol–water partition coefficient (Wildman–Crippen LogP) is 6.49. The molecule has 0 radical (unpaired) electrons. The molecule has 0 atom stereocenters. The average molecular weight is 391 g/mol. The number of nitrogens with zero attached hydrogens (tertiary/aromatic N) is 1. The number of amides is 1. The molecule has 128 valence electrons. The molecule has 0 saturated heterocycles. The summed E-state index contributed by atoms with van der Waals surface area (Å²) in [6.07, 6.45) is 0. The summed E-state index contributed by atoms with van der Waals surface area (Å²) in [5.41, 5.74) is 3.58. The molecule has 0 aliphatic heterocycles. The average Bonchev–Trinajstić information content (AvgIpc) is 3.05. The van der Waals surface area contributed by atoms with Gasteiger partial charge in [-0.25, -0.2) is 4.98 Å². The van der Waals surface area contributed by atoms with Crippen LogP contribution in [-0.2, 0) is 0 Å². The molecule has 2 aromatic carbocycles. The van der Waals surface area contributed by atoms with Gasteiger partial charge in [-0.1, -0.05) is 61.3 Å². The topological polar surface area (TPSA) is 42.0 Å². The van der Waals surface area contributed by atoms with Gasteiger partial charge in [0.05, 0.1) is 15.7 Å². The maximum atomic E-state index is 12.3. The highest BCUT2D eigenvalue weighted by Gasteiger charge is 2.12. The first kappa shape index (κ1) is 17.9. The lowest BCUT2D eigenvalue weighted by atomic mass is 10.0. The van der Waals surface area contributed by atoms with Crippen molar-refractivity contribution in [2.24, 2.45) is 0 Å². The van der Waals surface area contributed by atoms with Gasteiger partial charge in [0.15, 0.2) is 5.13 Å². The molecular formula is C19H16Cl2N2OS. The first-order valence-electron chi connectivity index (χ1n) is 7.76. The zero-order valence-electron chi connectivity index (χ0n) is 13.7. The first-order chi connectivity index (χ1) is 11.9. The summed E-state index contributed by atoms with van der Waals surface area (Å²) in [5, 5.41) is 6.02. The van der Waals surface area contributed by atoms with Crippen molar-refractivity contribution in [3.8, 4) is 11.3 Å². The van der Waals surface area contributed by atoms with Crippen LogP contribution in [0.5, 0.6) is 0 Å². The van der Waals surface area contributed by atoms with Crippen LogP contribution in [0.25, 0.3) is 11.3 Å². The number of anilines is 1. The molecule has 0 saturated carbocycles. The van der Waals surface area contributed by atoms with E-state index in [9.17, 15) is 4.79 Å². The second kappa shape index (κ2) is 7.56. The summed E-state index contributed by atoms with van der Waals surface area (Å²) < 4.78 is 0. The number of hydrogen-bond acceptors (Lipinski definition) is 3. The van der Waals surface area contributed by atoms with E-state index in [4.69, 9.17) is 23.2 Å². The van der Waals surface area contributed by atoms with E-state index in [1.165, 1.54) is 16.9 Å². The lowest BCUT2D eigenvalue weighted by molar-refractivity contribution is 0.102. The molecule has 1 aromatic heterocycles. The summed E-state index contributed by atoms with van der Waals surface area (Å²) >= 11 is 13.2. The van der Waals surface area contributed by atoms with E-state index in [1.54, 1.807) is 18.2 Å². The minimum Gasteiger partial charge on any atom is -0.298 e. The molecule has 0 fully saturated rings. The van der Waals surface area contributed by atoms with Crippen molar-refractivity contribution >= 4 is 45.6 Å². The Balaban J connectivity index is 1.74. The van der Waals surface area contributed by atoms with E-state index < -0.39 is 0 Å². The highest BCUT2D eigenvalue weighted by atomic mass is 35.5. The number of benzene rings is 2. The Morgan fingerprint density at radius 1 is 1.08 bits per heavy atom. The fraction of sp³-hybridized carbons (Fsp3) is 0.158. The number of nitrogens with one attached hydrogen (secondary N) is 1. The SMILES string of the molecule is CC(C)c1ccc(-c2csc(NC(=O)c3ccc(Cl)c(Cl)c3)n2)cc1. The smallest absolute Gasteiger partial charge is 0.257 e. The number of halogens is 2. The summed E-state index contributed by atoms with van der Waals surface area (Å²) in [6.45, 7) is 4.32. The van der Waals surface area contributed by atoms with Crippen LogP contribution in [0, 0.1) is 0 Å². The lowest BCUT2D eigenvalue weighted by Crippen LogP contribution is -2.11. The zero-order chi connectivity index (χ0) is 18.0. The molecule has 0 aliphatic carbocycles. The molecule has 0 spiro atoms.